The van der Waals surface area contributed by atoms with E-state index in [9.17, 15) is 4.79 Å². The number of amides is 1. The summed E-state index contributed by atoms with van der Waals surface area (Å²) in [4.78, 5) is 11.7. The lowest BCUT2D eigenvalue weighted by atomic mass is 10.1. The molecule has 1 aliphatic rings. The smallest absolute Gasteiger partial charge is 0.227 e. The molecule has 1 heterocycles. The number of aromatic nitrogens is 3. The molecule has 0 saturated carbocycles. The summed E-state index contributed by atoms with van der Waals surface area (Å²) < 4.78 is 1.68. The molecule has 0 fully saturated rings. The van der Waals surface area contributed by atoms with E-state index in [-0.39, 0.29) is 17.9 Å². The molecule has 0 saturated heterocycles. The fraction of sp³-hybridized carbons (Fsp3) is 0.500. The van der Waals surface area contributed by atoms with E-state index in [1.165, 1.54) is 0 Å². The van der Waals surface area contributed by atoms with E-state index in [4.69, 9.17) is 5.73 Å². The summed E-state index contributed by atoms with van der Waals surface area (Å²) in [5.74, 6) is -0.0462. The van der Waals surface area contributed by atoms with Crippen LogP contribution < -0.4 is 11.1 Å². The fourth-order valence-electron chi connectivity index (χ4n) is 1.70. The Kier molecular flexibility index (Phi) is 3.31. The van der Waals surface area contributed by atoms with Crippen molar-refractivity contribution in [2.24, 2.45) is 11.7 Å². The SMILES string of the molecule is NC1C=CC(C(=O)NCCn2ccnn2)C1. The minimum atomic E-state index is -0.0780. The molecule has 1 aromatic heterocycles. The highest BCUT2D eigenvalue weighted by atomic mass is 16.1. The first-order valence-corrected chi connectivity index (χ1v) is 5.31. The standard InChI is InChI=1S/C10H15N5O/c11-9-2-1-8(7-9)10(16)12-3-5-15-6-4-13-14-15/h1-2,4,6,8-9H,3,5,7,11H2,(H,12,16). The quantitative estimate of drug-likeness (QED) is 0.658. The van der Waals surface area contributed by atoms with E-state index in [0.29, 0.717) is 19.5 Å². The highest BCUT2D eigenvalue weighted by Gasteiger charge is 2.21. The summed E-state index contributed by atoms with van der Waals surface area (Å²) in [6, 6.07) is 0.0195. The van der Waals surface area contributed by atoms with Crippen molar-refractivity contribution in [2.75, 3.05) is 6.54 Å². The van der Waals surface area contributed by atoms with Crippen molar-refractivity contribution in [1.29, 1.82) is 0 Å². The number of nitrogens with one attached hydrogen (secondary N) is 1. The highest BCUT2D eigenvalue weighted by molar-refractivity contribution is 5.81. The Morgan fingerprint density at radius 1 is 1.56 bits per heavy atom. The summed E-state index contributed by atoms with van der Waals surface area (Å²) in [5, 5.41) is 10.3. The van der Waals surface area contributed by atoms with Crippen LogP contribution in [-0.2, 0) is 11.3 Å². The van der Waals surface area contributed by atoms with E-state index >= 15 is 0 Å². The van der Waals surface area contributed by atoms with E-state index < -0.39 is 0 Å². The van der Waals surface area contributed by atoms with Gasteiger partial charge in [-0.15, -0.1) is 5.10 Å². The Hall–Kier alpha value is -1.69. The summed E-state index contributed by atoms with van der Waals surface area (Å²) in [7, 11) is 0. The van der Waals surface area contributed by atoms with Crippen LogP contribution in [0.3, 0.4) is 0 Å². The highest BCUT2D eigenvalue weighted by Crippen LogP contribution is 2.15. The average molecular weight is 221 g/mol. The Morgan fingerprint density at radius 3 is 3.06 bits per heavy atom. The molecule has 2 rings (SSSR count). The van der Waals surface area contributed by atoms with Crippen LogP contribution in [0.2, 0.25) is 0 Å². The lowest BCUT2D eigenvalue weighted by Crippen LogP contribution is -2.33. The molecular formula is C10H15N5O. The predicted molar refractivity (Wildman–Crippen MR) is 58.3 cm³/mol. The van der Waals surface area contributed by atoms with Gasteiger partial charge in [0.1, 0.15) is 0 Å². The molecule has 2 unspecified atom stereocenters. The second-order valence-electron chi connectivity index (χ2n) is 3.85. The van der Waals surface area contributed by atoms with Crippen LogP contribution in [-0.4, -0.2) is 33.5 Å². The number of rotatable bonds is 4. The first-order chi connectivity index (χ1) is 7.75. The topological polar surface area (TPSA) is 85.8 Å². The third-order valence-corrected chi connectivity index (χ3v) is 2.57. The lowest BCUT2D eigenvalue weighted by Gasteiger charge is -2.10. The first-order valence-electron chi connectivity index (χ1n) is 5.31. The molecule has 2 atom stereocenters. The molecule has 1 aliphatic carbocycles. The molecule has 16 heavy (non-hydrogen) atoms. The first kappa shape index (κ1) is 10.8. The van der Waals surface area contributed by atoms with E-state index in [1.807, 2.05) is 12.2 Å². The Balaban J connectivity index is 1.70. The van der Waals surface area contributed by atoms with Crippen molar-refractivity contribution < 1.29 is 4.79 Å². The third-order valence-electron chi connectivity index (χ3n) is 2.57. The minimum absolute atomic E-state index is 0.0195. The van der Waals surface area contributed by atoms with E-state index in [2.05, 4.69) is 15.6 Å². The molecule has 0 bridgehead atoms. The number of hydrogen-bond acceptors (Lipinski definition) is 4. The van der Waals surface area contributed by atoms with Gasteiger partial charge in [0.15, 0.2) is 0 Å². The van der Waals surface area contributed by atoms with Gasteiger partial charge in [-0.1, -0.05) is 17.4 Å². The fourth-order valence-corrected chi connectivity index (χ4v) is 1.70. The van der Waals surface area contributed by atoms with Crippen LogP contribution >= 0.6 is 0 Å². The molecule has 1 aromatic rings. The van der Waals surface area contributed by atoms with Crippen LogP contribution in [0.4, 0.5) is 0 Å². The van der Waals surface area contributed by atoms with Crippen LogP contribution in [0.25, 0.3) is 0 Å². The molecule has 86 valence electrons. The zero-order chi connectivity index (χ0) is 11.4. The maximum atomic E-state index is 11.7. The molecule has 3 N–H and O–H groups in total. The maximum Gasteiger partial charge on any atom is 0.227 e. The van der Waals surface area contributed by atoms with Gasteiger partial charge in [0, 0.05) is 18.8 Å². The Morgan fingerprint density at radius 2 is 2.44 bits per heavy atom. The zero-order valence-electron chi connectivity index (χ0n) is 8.91. The monoisotopic (exact) mass is 221 g/mol. The largest absolute Gasteiger partial charge is 0.354 e. The second kappa shape index (κ2) is 4.89. The van der Waals surface area contributed by atoms with Crippen LogP contribution in [0.5, 0.6) is 0 Å². The van der Waals surface area contributed by atoms with Crippen molar-refractivity contribution in [3.05, 3.63) is 24.5 Å². The van der Waals surface area contributed by atoms with Gasteiger partial charge in [0.05, 0.1) is 18.7 Å². The van der Waals surface area contributed by atoms with Gasteiger partial charge in [-0.3, -0.25) is 9.48 Å². The number of hydrogen-bond donors (Lipinski definition) is 2. The Labute approximate surface area is 93.5 Å². The van der Waals surface area contributed by atoms with Gasteiger partial charge in [0.25, 0.3) is 0 Å². The van der Waals surface area contributed by atoms with Crippen LogP contribution in [0.1, 0.15) is 6.42 Å². The van der Waals surface area contributed by atoms with Crippen molar-refractivity contribution >= 4 is 5.91 Å². The van der Waals surface area contributed by atoms with Gasteiger partial charge in [-0.25, -0.2) is 0 Å². The average Bonchev–Trinajstić information content (AvgIpc) is 2.89. The molecule has 6 heteroatoms. The maximum absolute atomic E-state index is 11.7. The number of nitrogens with zero attached hydrogens (tertiary/aromatic N) is 3. The summed E-state index contributed by atoms with van der Waals surface area (Å²) in [6.45, 7) is 1.19. The minimum Gasteiger partial charge on any atom is -0.354 e. The van der Waals surface area contributed by atoms with E-state index in [1.54, 1.807) is 17.1 Å². The van der Waals surface area contributed by atoms with Gasteiger partial charge in [-0.2, -0.15) is 0 Å². The molecule has 0 spiro atoms. The van der Waals surface area contributed by atoms with Gasteiger partial charge in [-0.05, 0) is 6.42 Å². The molecular weight excluding hydrogens is 206 g/mol. The third kappa shape index (κ3) is 2.66. The van der Waals surface area contributed by atoms with Crippen molar-refractivity contribution in [2.45, 2.75) is 19.0 Å². The van der Waals surface area contributed by atoms with Crippen LogP contribution in [0.15, 0.2) is 24.5 Å². The summed E-state index contributed by atoms with van der Waals surface area (Å²) in [6.07, 6.45) is 7.82. The number of nitrogens with two attached hydrogens (primary N) is 1. The molecule has 1 amide bonds. The summed E-state index contributed by atoms with van der Waals surface area (Å²) in [5.41, 5.74) is 5.68. The number of carbonyl (C=O) groups is 1. The van der Waals surface area contributed by atoms with E-state index in [0.717, 1.165) is 0 Å². The van der Waals surface area contributed by atoms with Gasteiger partial charge in [0.2, 0.25) is 5.91 Å². The van der Waals surface area contributed by atoms with Crippen molar-refractivity contribution in [3.63, 3.8) is 0 Å². The predicted octanol–water partition coefficient (Wildman–Crippen LogP) is -0.702. The molecule has 0 aliphatic heterocycles. The number of carbonyl (C=O) groups excluding carboxylic acids is 1. The van der Waals surface area contributed by atoms with Crippen molar-refractivity contribution in [1.82, 2.24) is 20.3 Å². The molecule has 6 nitrogen and oxygen atoms in total. The summed E-state index contributed by atoms with van der Waals surface area (Å²) >= 11 is 0. The van der Waals surface area contributed by atoms with Crippen molar-refractivity contribution in [3.8, 4) is 0 Å². The Bertz CT molecular complexity index is 373. The molecule has 0 aromatic carbocycles. The lowest BCUT2D eigenvalue weighted by molar-refractivity contribution is -0.123. The normalized spacial score (nSPS) is 23.6. The van der Waals surface area contributed by atoms with Gasteiger partial charge < -0.3 is 11.1 Å². The zero-order valence-corrected chi connectivity index (χ0v) is 8.91. The van der Waals surface area contributed by atoms with Crippen LogP contribution in [0, 0.1) is 5.92 Å². The molecule has 0 radical (unpaired) electrons. The van der Waals surface area contributed by atoms with Gasteiger partial charge >= 0.3 is 0 Å². The second-order valence-corrected chi connectivity index (χ2v) is 3.85.